The number of aromatic hydroxyl groups is 1. The van der Waals surface area contributed by atoms with Crippen LogP contribution in [0.3, 0.4) is 0 Å². The smallest absolute Gasteiger partial charge is 0.229 e. The van der Waals surface area contributed by atoms with Crippen LogP contribution in [0, 0.1) is 0 Å². The first-order valence-electron chi connectivity index (χ1n) is 6.90. The first-order valence-corrected chi connectivity index (χ1v) is 6.90. The molecule has 0 atom stereocenters. The lowest BCUT2D eigenvalue weighted by atomic mass is 10.3. The van der Waals surface area contributed by atoms with Gasteiger partial charge in [0, 0.05) is 30.7 Å². The van der Waals surface area contributed by atoms with E-state index in [1.54, 1.807) is 24.4 Å². The van der Waals surface area contributed by atoms with Crippen molar-refractivity contribution in [2.24, 2.45) is 0 Å². The quantitative estimate of drug-likeness (QED) is 0.768. The van der Waals surface area contributed by atoms with E-state index in [0.717, 1.165) is 17.2 Å². The van der Waals surface area contributed by atoms with Crippen LogP contribution in [0.4, 0.5) is 23.1 Å². The summed E-state index contributed by atoms with van der Waals surface area (Å²) >= 11 is 0. The molecule has 0 saturated carbocycles. The van der Waals surface area contributed by atoms with E-state index < -0.39 is 0 Å². The van der Waals surface area contributed by atoms with Crippen molar-refractivity contribution in [2.45, 2.75) is 0 Å². The maximum Gasteiger partial charge on any atom is 0.229 e. The fourth-order valence-corrected chi connectivity index (χ4v) is 2.09. The second-order valence-corrected chi connectivity index (χ2v) is 4.81. The predicted molar refractivity (Wildman–Crippen MR) is 87.9 cm³/mol. The van der Waals surface area contributed by atoms with Gasteiger partial charge >= 0.3 is 0 Å². The van der Waals surface area contributed by atoms with Gasteiger partial charge in [-0.15, -0.1) is 0 Å². The maximum absolute atomic E-state index is 9.49. The van der Waals surface area contributed by atoms with Crippen LogP contribution in [0.2, 0.25) is 0 Å². The molecule has 0 amide bonds. The molecule has 0 aliphatic heterocycles. The zero-order valence-corrected chi connectivity index (χ0v) is 12.1. The zero-order chi connectivity index (χ0) is 15.4. The Morgan fingerprint density at radius 3 is 2.59 bits per heavy atom. The highest BCUT2D eigenvalue weighted by Gasteiger charge is 2.07. The van der Waals surface area contributed by atoms with Crippen molar-refractivity contribution >= 4 is 23.1 Å². The number of para-hydroxylation sites is 1. The number of rotatable bonds is 4. The lowest BCUT2D eigenvalue weighted by Crippen LogP contribution is -2.12. The molecule has 0 unspecified atom stereocenters. The summed E-state index contributed by atoms with van der Waals surface area (Å²) < 4.78 is 0. The van der Waals surface area contributed by atoms with E-state index in [0.29, 0.717) is 5.95 Å². The third kappa shape index (κ3) is 3.15. The van der Waals surface area contributed by atoms with Crippen molar-refractivity contribution in [1.29, 1.82) is 0 Å². The van der Waals surface area contributed by atoms with Crippen LogP contribution in [-0.2, 0) is 0 Å². The lowest BCUT2D eigenvalue weighted by Gasteiger charge is -2.18. The summed E-state index contributed by atoms with van der Waals surface area (Å²) in [5, 5.41) is 12.6. The third-order valence-electron chi connectivity index (χ3n) is 3.23. The fraction of sp³-hybridized carbons (Fsp3) is 0.0588. The van der Waals surface area contributed by atoms with Crippen molar-refractivity contribution < 1.29 is 5.11 Å². The summed E-state index contributed by atoms with van der Waals surface area (Å²) in [5.74, 6) is 1.46. The number of nitrogens with one attached hydrogen (secondary N) is 1. The normalized spacial score (nSPS) is 10.2. The van der Waals surface area contributed by atoms with E-state index in [2.05, 4.69) is 15.3 Å². The molecule has 0 aliphatic rings. The molecule has 110 valence electrons. The Balaban J connectivity index is 1.83. The van der Waals surface area contributed by atoms with Crippen LogP contribution in [0.1, 0.15) is 0 Å². The molecule has 2 aromatic carbocycles. The van der Waals surface area contributed by atoms with Gasteiger partial charge in [0.05, 0.1) is 0 Å². The molecule has 22 heavy (non-hydrogen) atoms. The van der Waals surface area contributed by atoms with Gasteiger partial charge in [-0.1, -0.05) is 24.3 Å². The van der Waals surface area contributed by atoms with Gasteiger partial charge in [0.1, 0.15) is 11.6 Å². The molecule has 0 bridgehead atoms. The minimum atomic E-state index is 0.197. The van der Waals surface area contributed by atoms with Gasteiger partial charge in [-0.2, -0.15) is 4.98 Å². The number of anilines is 4. The highest BCUT2D eigenvalue weighted by molar-refractivity contribution is 5.61. The summed E-state index contributed by atoms with van der Waals surface area (Å²) in [7, 11) is 1.95. The van der Waals surface area contributed by atoms with E-state index in [1.807, 2.05) is 54.4 Å². The molecule has 5 heteroatoms. The monoisotopic (exact) mass is 292 g/mol. The molecule has 3 rings (SSSR count). The minimum Gasteiger partial charge on any atom is -0.508 e. The Hall–Kier alpha value is -3.08. The number of phenolic OH excluding ortho intramolecular Hbond substituents is 1. The highest BCUT2D eigenvalue weighted by Crippen LogP contribution is 2.23. The first kappa shape index (κ1) is 13.9. The molecule has 1 heterocycles. The highest BCUT2D eigenvalue weighted by atomic mass is 16.3. The van der Waals surface area contributed by atoms with Gasteiger partial charge < -0.3 is 15.3 Å². The van der Waals surface area contributed by atoms with Crippen molar-refractivity contribution in [3.8, 4) is 5.75 Å². The average molecular weight is 292 g/mol. The average Bonchev–Trinajstić information content (AvgIpc) is 2.55. The van der Waals surface area contributed by atoms with Crippen molar-refractivity contribution in [2.75, 3.05) is 17.3 Å². The fourth-order valence-electron chi connectivity index (χ4n) is 2.09. The van der Waals surface area contributed by atoms with Crippen LogP contribution in [-0.4, -0.2) is 22.1 Å². The molecule has 3 aromatic rings. The Bertz CT molecular complexity index is 761. The SMILES string of the molecule is CN(c1ccccc1)c1ccnc(Nc2cccc(O)c2)n1. The molecule has 0 fully saturated rings. The number of benzene rings is 2. The second-order valence-electron chi connectivity index (χ2n) is 4.81. The van der Waals surface area contributed by atoms with E-state index in [9.17, 15) is 5.11 Å². The van der Waals surface area contributed by atoms with E-state index >= 15 is 0 Å². The molecule has 0 radical (unpaired) electrons. The number of aromatic nitrogens is 2. The Morgan fingerprint density at radius 2 is 1.82 bits per heavy atom. The predicted octanol–water partition coefficient (Wildman–Crippen LogP) is 3.69. The second kappa shape index (κ2) is 6.13. The summed E-state index contributed by atoms with van der Waals surface area (Å²) in [6.07, 6.45) is 1.70. The van der Waals surface area contributed by atoms with Gasteiger partial charge in [0.2, 0.25) is 5.95 Å². The van der Waals surface area contributed by atoms with Crippen LogP contribution < -0.4 is 10.2 Å². The minimum absolute atomic E-state index is 0.197. The number of nitrogens with zero attached hydrogens (tertiary/aromatic N) is 3. The summed E-state index contributed by atoms with van der Waals surface area (Å²) in [6.45, 7) is 0. The maximum atomic E-state index is 9.49. The Morgan fingerprint density at radius 1 is 1.00 bits per heavy atom. The van der Waals surface area contributed by atoms with Crippen molar-refractivity contribution in [3.63, 3.8) is 0 Å². The van der Waals surface area contributed by atoms with Gasteiger partial charge in [0.15, 0.2) is 0 Å². The first-order chi connectivity index (χ1) is 10.7. The van der Waals surface area contributed by atoms with Gasteiger partial charge in [0.25, 0.3) is 0 Å². The van der Waals surface area contributed by atoms with Crippen LogP contribution in [0.25, 0.3) is 0 Å². The van der Waals surface area contributed by atoms with Crippen LogP contribution in [0.15, 0.2) is 66.9 Å². The topological polar surface area (TPSA) is 61.3 Å². The van der Waals surface area contributed by atoms with Gasteiger partial charge in [-0.05, 0) is 30.3 Å². The van der Waals surface area contributed by atoms with Gasteiger partial charge in [-0.25, -0.2) is 4.98 Å². The molecule has 0 aliphatic carbocycles. The molecule has 0 spiro atoms. The molecule has 2 N–H and O–H groups in total. The van der Waals surface area contributed by atoms with E-state index in [1.165, 1.54) is 0 Å². The molecule has 1 aromatic heterocycles. The summed E-state index contributed by atoms with van der Waals surface area (Å²) in [6, 6.07) is 18.7. The van der Waals surface area contributed by atoms with Crippen LogP contribution in [0.5, 0.6) is 5.75 Å². The zero-order valence-electron chi connectivity index (χ0n) is 12.1. The largest absolute Gasteiger partial charge is 0.508 e. The van der Waals surface area contributed by atoms with Crippen LogP contribution >= 0.6 is 0 Å². The molecule has 0 saturated heterocycles. The van der Waals surface area contributed by atoms with Gasteiger partial charge in [-0.3, -0.25) is 0 Å². The summed E-state index contributed by atoms with van der Waals surface area (Å²) in [4.78, 5) is 10.7. The number of hydrogen-bond acceptors (Lipinski definition) is 5. The molecule has 5 nitrogen and oxygen atoms in total. The third-order valence-corrected chi connectivity index (χ3v) is 3.23. The lowest BCUT2D eigenvalue weighted by molar-refractivity contribution is 0.475. The summed E-state index contributed by atoms with van der Waals surface area (Å²) in [5.41, 5.74) is 1.78. The van der Waals surface area contributed by atoms with Crippen molar-refractivity contribution in [3.05, 3.63) is 66.9 Å². The standard InChI is InChI=1S/C17H16N4O/c1-21(14-7-3-2-4-8-14)16-10-11-18-17(20-16)19-13-6-5-9-15(22)12-13/h2-12,22H,1H3,(H,18,19,20). The van der Waals surface area contributed by atoms with Crippen molar-refractivity contribution in [1.82, 2.24) is 9.97 Å². The Kier molecular flexibility index (Phi) is 3.87. The van der Waals surface area contributed by atoms with E-state index in [-0.39, 0.29) is 5.75 Å². The number of phenols is 1. The molecular weight excluding hydrogens is 276 g/mol. The van der Waals surface area contributed by atoms with E-state index in [4.69, 9.17) is 0 Å². The Labute approximate surface area is 128 Å². The number of hydrogen-bond donors (Lipinski definition) is 2. The molecular formula is C17H16N4O.